The average Bonchev–Trinajstić information content (AvgIpc) is 3.57. The van der Waals surface area contributed by atoms with Crippen LogP contribution in [-0.2, 0) is 6.54 Å². The summed E-state index contributed by atoms with van der Waals surface area (Å²) >= 11 is 2.00. The molecule has 0 saturated carbocycles. The van der Waals surface area contributed by atoms with Gasteiger partial charge in [-0.25, -0.2) is 4.98 Å². The molecule has 0 atom stereocenters. The monoisotopic (exact) mass is 574 g/mol. The normalized spacial score (nSPS) is 16.5. The molecule has 7 rings (SSSR count). The Morgan fingerprint density at radius 2 is 1.60 bits per heavy atom. The largest absolute Gasteiger partial charge is 0.353 e. The van der Waals surface area contributed by atoms with Crippen LogP contribution in [0.2, 0.25) is 0 Å². The van der Waals surface area contributed by atoms with Gasteiger partial charge in [-0.1, -0.05) is 60.7 Å². The van der Waals surface area contributed by atoms with E-state index < -0.39 is 0 Å². The number of aromatic nitrogens is 6. The fourth-order valence-corrected chi connectivity index (χ4v) is 6.74. The van der Waals surface area contributed by atoms with Gasteiger partial charge >= 0.3 is 0 Å². The molecule has 42 heavy (non-hydrogen) atoms. The van der Waals surface area contributed by atoms with Gasteiger partial charge in [-0.05, 0) is 55.3 Å². The van der Waals surface area contributed by atoms with Gasteiger partial charge in [0, 0.05) is 54.4 Å². The number of anilines is 1. The van der Waals surface area contributed by atoms with Gasteiger partial charge in [0.2, 0.25) is 0 Å². The van der Waals surface area contributed by atoms with Gasteiger partial charge in [0.25, 0.3) is 0 Å². The molecule has 2 fully saturated rings. The fourth-order valence-electron chi connectivity index (χ4n) is 5.84. The predicted octanol–water partition coefficient (Wildman–Crippen LogP) is 5.92. The summed E-state index contributed by atoms with van der Waals surface area (Å²) in [6.07, 6.45) is 3.90. The molecule has 2 aliphatic heterocycles. The number of thioether (sulfide) groups is 1. The summed E-state index contributed by atoms with van der Waals surface area (Å²) in [7, 11) is 0. The first-order valence-electron chi connectivity index (χ1n) is 14.7. The molecule has 0 unspecified atom stereocenters. The Balaban J connectivity index is 1.02. The Hall–Kier alpha value is -4.08. The van der Waals surface area contributed by atoms with Crippen LogP contribution in [0.3, 0.4) is 0 Å². The number of pyridine rings is 1. The molecule has 2 aliphatic rings. The minimum atomic E-state index is 0.398. The first-order valence-corrected chi connectivity index (χ1v) is 15.9. The second-order valence-electron chi connectivity index (χ2n) is 10.9. The number of piperidine rings is 1. The van der Waals surface area contributed by atoms with Crippen LogP contribution < -0.4 is 4.90 Å². The zero-order valence-corrected chi connectivity index (χ0v) is 24.4. The Kier molecular flexibility index (Phi) is 7.93. The molecule has 0 bridgehead atoms. The first kappa shape index (κ1) is 26.8. The number of H-pyrrole nitrogens is 1. The molecule has 0 spiro atoms. The summed E-state index contributed by atoms with van der Waals surface area (Å²) < 4.78 is 0. The highest BCUT2D eigenvalue weighted by molar-refractivity contribution is 7.99. The molecule has 1 N–H and O–H groups in total. The van der Waals surface area contributed by atoms with E-state index in [9.17, 15) is 0 Å². The summed E-state index contributed by atoms with van der Waals surface area (Å²) in [6, 6.07) is 27.5. The van der Waals surface area contributed by atoms with Crippen LogP contribution in [0, 0.1) is 0 Å². The van der Waals surface area contributed by atoms with Gasteiger partial charge in [0.15, 0.2) is 11.6 Å². The second-order valence-corrected chi connectivity index (χ2v) is 12.2. The quantitative estimate of drug-likeness (QED) is 0.256. The van der Waals surface area contributed by atoms with E-state index in [1.807, 2.05) is 30.0 Å². The minimum Gasteiger partial charge on any atom is -0.353 e. The van der Waals surface area contributed by atoms with Crippen LogP contribution >= 0.6 is 11.8 Å². The molecule has 3 aromatic heterocycles. The SMILES string of the molecule is c1ccc(-c2cc(N3CCSCC3)nnc2-c2ccc(CN3CCC(c4nc(-c5ccccn5)n[nH]4)CC3)cc2)cc1. The fraction of sp³-hybridized carbons (Fsp3) is 0.303. The lowest BCUT2D eigenvalue weighted by molar-refractivity contribution is 0.202. The van der Waals surface area contributed by atoms with Gasteiger partial charge in [-0.15, -0.1) is 10.2 Å². The number of nitrogens with zero attached hydrogens (tertiary/aromatic N) is 7. The zero-order valence-electron chi connectivity index (χ0n) is 23.6. The van der Waals surface area contributed by atoms with Crippen molar-refractivity contribution in [1.82, 2.24) is 35.3 Å². The lowest BCUT2D eigenvalue weighted by atomic mass is 9.95. The predicted molar refractivity (Wildman–Crippen MR) is 169 cm³/mol. The molecule has 2 aromatic carbocycles. The first-order chi connectivity index (χ1) is 20.8. The maximum atomic E-state index is 4.78. The Labute approximate surface area is 250 Å². The van der Waals surface area contributed by atoms with Crippen LogP contribution in [0.5, 0.6) is 0 Å². The second kappa shape index (κ2) is 12.4. The van der Waals surface area contributed by atoms with Crippen molar-refractivity contribution in [3.8, 4) is 33.9 Å². The molecule has 8 nitrogen and oxygen atoms in total. The number of nitrogens with one attached hydrogen (secondary N) is 1. The topological polar surface area (TPSA) is 86.7 Å². The lowest BCUT2D eigenvalue weighted by Crippen LogP contribution is -2.33. The number of benzene rings is 2. The highest BCUT2D eigenvalue weighted by Gasteiger charge is 2.24. The molecule has 5 heterocycles. The van der Waals surface area contributed by atoms with Crippen molar-refractivity contribution in [1.29, 1.82) is 0 Å². The highest BCUT2D eigenvalue weighted by Crippen LogP contribution is 2.33. The molecule has 0 aliphatic carbocycles. The van der Waals surface area contributed by atoms with E-state index in [-0.39, 0.29) is 0 Å². The number of likely N-dealkylation sites (tertiary alicyclic amines) is 1. The molecular weight excluding hydrogens is 540 g/mol. The van der Waals surface area contributed by atoms with E-state index in [0.29, 0.717) is 11.7 Å². The molecule has 9 heteroatoms. The summed E-state index contributed by atoms with van der Waals surface area (Å²) in [4.78, 5) is 14.0. The third kappa shape index (κ3) is 5.93. The Morgan fingerprint density at radius 3 is 2.36 bits per heavy atom. The molecule has 0 amide bonds. The standard InChI is InChI=1S/C33H34N8S/c1-2-6-25(7-3-1)28-22-30(41-18-20-42-21-19-41)36-37-31(28)26-11-9-24(10-12-26)23-40-16-13-27(14-17-40)32-35-33(39-38-32)29-8-4-5-15-34-29/h1-12,15,22,27H,13-14,16-21,23H2,(H,35,38,39). The van der Waals surface area contributed by atoms with Crippen LogP contribution in [0.15, 0.2) is 85.1 Å². The average molecular weight is 575 g/mol. The summed E-state index contributed by atoms with van der Waals surface area (Å²) in [6.45, 7) is 5.04. The van der Waals surface area contributed by atoms with E-state index >= 15 is 0 Å². The van der Waals surface area contributed by atoms with Crippen LogP contribution in [0.25, 0.3) is 33.9 Å². The third-order valence-corrected chi connectivity index (χ3v) is 9.15. The molecule has 5 aromatic rings. The zero-order chi connectivity index (χ0) is 28.1. The van der Waals surface area contributed by atoms with E-state index in [4.69, 9.17) is 10.1 Å². The van der Waals surface area contributed by atoms with Crippen LogP contribution in [-0.4, -0.2) is 72.9 Å². The van der Waals surface area contributed by atoms with Crippen molar-refractivity contribution in [2.75, 3.05) is 42.6 Å². The van der Waals surface area contributed by atoms with Crippen LogP contribution in [0.4, 0.5) is 5.82 Å². The van der Waals surface area contributed by atoms with Crippen molar-refractivity contribution < 1.29 is 0 Å². The van der Waals surface area contributed by atoms with Crippen molar-refractivity contribution in [2.45, 2.75) is 25.3 Å². The molecule has 2 saturated heterocycles. The number of hydrogen-bond donors (Lipinski definition) is 1. The van der Waals surface area contributed by atoms with Crippen molar-refractivity contribution in [3.63, 3.8) is 0 Å². The van der Waals surface area contributed by atoms with E-state index in [1.165, 1.54) is 11.1 Å². The van der Waals surface area contributed by atoms with Gasteiger partial charge < -0.3 is 4.90 Å². The number of hydrogen-bond acceptors (Lipinski definition) is 8. The summed E-state index contributed by atoms with van der Waals surface area (Å²) in [5, 5.41) is 17.0. The van der Waals surface area contributed by atoms with Gasteiger partial charge in [-0.3, -0.25) is 15.0 Å². The summed E-state index contributed by atoms with van der Waals surface area (Å²) in [5.41, 5.74) is 6.44. The van der Waals surface area contributed by atoms with Crippen molar-refractivity contribution >= 4 is 17.6 Å². The maximum Gasteiger partial charge on any atom is 0.199 e. The molecule has 0 radical (unpaired) electrons. The highest BCUT2D eigenvalue weighted by atomic mass is 32.2. The van der Waals surface area contributed by atoms with Crippen molar-refractivity contribution in [2.24, 2.45) is 0 Å². The molecular formula is C33H34N8S. The van der Waals surface area contributed by atoms with E-state index in [2.05, 4.69) is 90.7 Å². The number of rotatable bonds is 7. The maximum absolute atomic E-state index is 4.78. The van der Waals surface area contributed by atoms with E-state index in [1.54, 1.807) is 6.20 Å². The van der Waals surface area contributed by atoms with Gasteiger partial charge in [0.1, 0.15) is 17.2 Å². The van der Waals surface area contributed by atoms with E-state index in [0.717, 1.165) is 91.2 Å². The van der Waals surface area contributed by atoms with Crippen LogP contribution in [0.1, 0.15) is 30.1 Å². The minimum absolute atomic E-state index is 0.398. The molecule has 212 valence electrons. The number of aromatic amines is 1. The van der Waals surface area contributed by atoms with Gasteiger partial charge in [0.05, 0.1) is 0 Å². The lowest BCUT2D eigenvalue weighted by Gasteiger charge is -2.31. The smallest absolute Gasteiger partial charge is 0.199 e. The van der Waals surface area contributed by atoms with Crippen molar-refractivity contribution in [3.05, 3.63) is 96.4 Å². The third-order valence-electron chi connectivity index (χ3n) is 8.21. The summed E-state index contributed by atoms with van der Waals surface area (Å²) in [5.74, 6) is 5.28. The van der Waals surface area contributed by atoms with Gasteiger partial charge in [-0.2, -0.15) is 16.9 Å². The Morgan fingerprint density at radius 1 is 0.810 bits per heavy atom. The Bertz CT molecular complexity index is 1590.